The summed E-state index contributed by atoms with van der Waals surface area (Å²) in [6, 6.07) is 7.59. The third kappa shape index (κ3) is 4.09. The summed E-state index contributed by atoms with van der Waals surface area (Å²) in [4.78, 5) is 14.7. The molecule has 2 atom stereocenters. The van der Waals surface area contributed by atoms with E-state index in [9.17, 15) is 21.6 Å². The highest BCUT2D eigenvalue weighted by Gasteiger charge is 2.42. The number of hydrogen-bond donors (Lipinski definition) is 1. The van der Waals surface area contributed by atoms with Crippen LogP contribution in [0.15, 0.2) is 38.8 Å². The highest BCUT2D eigenvalue weighted by atomic mass is 35.5. The quantitative estimate of drug-likeness (QED) is 0.666. The van der Waals surface area contributed by atoms with Crippen molar-refractivity contribution in [2.45, 2.75) is 45.9 Å². The molecule has 1 aliphatic rings. The molecule has 0 fully saturated rings. The van der Waals surface area contributed by atoms with Crippen LogP contribution in [0.1, 0.15) is 47.8 Å². The minimum absolute atomic E-state index is 0.0333. The number of alkyl halides is 1. The maximum absolute atomic E-state index is 13.2. The van der Waals surface area contributed by atoms with E-state index in [2.05, 4.69) is 0 Å². The largest absolute Gasteiger partial charge is 0.332 e. The van der Waals surface area contributed by atoms with E-state index in [0.29, 0.717) is 34.9 Å². The molecule has 2 heterocycles. The number of rotatable bonds is 5. The molecule has 7 nitrogen and oxygen atoms in total. The third-order valence-corrected chi connectivity index (χ3v) is 10.6. The molecule has 1 unspecified atom stereocenters. The van der Waals surface area contributed by atoms with Crippen LogP contribution in [0.5, 0.6) is 0 Å². The lowest BCUT2D eigenvalue weighted by atomic mass is 10.0. The summed E-state index contributed by atoms with van der Waals surface area (Å²) in [5.41, 5.74) is 1.64. The van der Waals surface area contributed by atoms with Gasteiger partial charge in [0, 0.05) is 23.6 Å². The number of fused-ring (bicyclic) bond motifs is 1. The number of sulfonamides is 1. The first-order chi connectivity index (χ1) is 13.5. The van der Waals surface area contributed by atoms with E-state index in [-0.39, 0.29) is 20.7 Å². The third-order valence-electron chi connectivity index (χ3n) is 5.02. The Hall–Kier alpha value is -1.46. The predicted molar refractivity (Wildman–Crippen MR) is 112 cm³/mol. The molecule has 158 valence electrons. The molecular formula is C18H21ClN2O5S3. The number of carbonyl (C=O) groups excluding carboxylic acids is 1. The number of hydrogen-bond acceptors (Lipinski definition) is 6. The number of thiophene rings is 1. The topological polar surface area (TPSA) is 115 Å². The Morgan fingerprint density at radius 2 is 1.93 bits per heavy atom. The van der Waals surface area contributed by atoms with Crippen LogP contribution in [0.25, 0.3) is 0 Å². The van der Waals surface area contributed by atoms with Crippen molar-refractivity contribution in [3.05, 3.63) is 47.0 Å². The molecule has 2 N–H and O–H groups in total. The zero-order chi connectivity index (χ0) is 21.6. The number of carbonyl (C=O) groups is 1. The highest BCUT2D eigenvalue weighted by molar-refractivity contribution is 7.95. The second-order valence-corrected chi connectivity index (χ2v) is 12.6. The van der Waals surface area contributed by atoms with E-state index in [1.807, 2.05) is 0 Å². The molecule has 1 amide bonds. The molecule has 1 aromatic heterocycles. The van der Waals surface area contributed by atoms with Gasteiger partial charge in [0.15, 0.2) is 9.84 Å². The smallest absolute Gasteiger partial charge is 0.254 e. The lowest BCUT2D eigenvalue weighted by Crippen LogP contribution is -2.40. The second kappa shape index (κ2) is 7.99. The van der Waals surface area contributed by atoms with Crippen molar-refractivity contribution in [2.24, 2.45) is 5.14 Å². The number of nitrogens with two attached hydrogens (primary N) is 1. The molecule has 0 saturated heterocycles. The van der Waals surface area contributed by atoms with Crippen LogP contribution >= 0.6 is 22.9 Å². The minimum Gasteiger partial charge on any atom is -0.332 e. The van der Waals surface area contributed by atoms with Gasteiger partial charge in [-0.1, -0.05) is 12.1 Å². The highest BCUT2D eigenvalue weighted by Crippen LogP contribution is 2.45. The van der Waals surface area contributed by atoms with Crippen LogP contribution in [0.3, 0.4) is 0 Å². The Morgan fingerprint density at radius 3 is 2.45 bits per heavy atom. The van der Waals surface area contributed by atoms with E-state index in [1.165, 1.54) is 6.07 Å². The first-order valence-electron chi connectivity index (χ1n) is 8.87. The molecule has 3 rings (SSSR count). The zero-order valence-corrected chi connectivity index (χ0v) is 19.0. The summed E-state index contributed by atoms with van der Waals surface area (Å²) in [5, 5.41) is 4.46. The zero-order valence-electron chi connectivity index (χ0n) is 15.8. The van der Waals surface area contributed by atoms with Gasteiger partial charge >= 0.3 is 0 Å². The molecule has 11 heteroatoms. The fourth-order valence-electron chi connectivity index (χ4n) is 3.41. The van der Waals surface area contributed by atoms with Gasteiger partial charge in [-0.2, -0.15) is 0 Å². The van der Waals surface area contributed by atoms with Crippen LogP contribution < -0.4 is 5.14 Å². The van der Waals surface area contributed by atoms with Gasteiger partial charge in [0.1, 0.15) is 8.42 Å². The molecule has 0 radical (unpaired) electrons. The fraction of sp³-hybridized carbons (Fsp3) is 0.389. The number of halogens is 1. The average Bonchev–Trinajstić information content (AvgIpc) is 3.13. The van der Waals surface area contributed by atoms with Crippen LogP contribution in [-0.2, 0) is 25.7 Å². The van der Waals surface area contributed by atoms with Gasteiger partial charge in [0.05, 0.1) is 11.3 Å². The van der Waals surface area contributed by atoms with Gasteiger partial charge in [0.2, 0.25) is 10.0 Å². The summed E-state index contributed by atoms with van der Waals surface area (Å²) >= 11 is 6.44. The first-order valence-corrected chi connectivity index (χ1v) is 13.3. The summed E-state index contributed by atoms with van der Waals surface area (Å²) < 4.78 is 48.9. The summed E-state index contributed by atoms with van der Waals surface area (Å²) in [6.45, 7) is 3.69. The van der Waals surface area contributed by atoms with Gasteiger partial charge in [-0.3, -0.25) is 4.79 Å². The van der Waals surface area contributed by atoms with Crippen molar-refractivity contribution in [3.8, 4) is 0 Å². The molecule has 2 aromatic rings. The summed E-state index contributed by atoms with van der Waals surface area (Å²) in [6.07, 6.45) is 0.176. The number of nitrogens with zero attached hydrogens (tertiary/aromatic N) is 1. The standard InChI is InChI=1S/C18H21ClN2O5S3/c1-3-21(17(22)13-6-4-12(10-19)5-7-13)15-8-11(2)28(23,24)18-14(15)9-16(27-18)29(20,25)26/h4-7,9,11,15H,3,8,10H2,1-2H3,(H2,20,25,26)/t11?,15-/m0/s1. The molecular weight excluding hydrogens is 456 g/mol. The molecule has 0 bridgehead atoms. The molecule has 1 aliphatic heterocycles. The Labute approximate surface area is 179 Å². The van der Waals surface area contributed by atoms with Crippen LogP contribution in [-0.4, -0.2) is 39.4 Å². The maximum Gasteiger partial charge on any atom is 0.254 e. The van der Waals surface area contributed by atoms with Gasteiger partial charge in [-0.05, 0) is 44.0 Å². The number of primary sulfonamides is 1. The van der Waals surface area contributed by atoms with Gasteiger partial charge in [-0.15, -0.1) is 22.9 Å². The Balaban J connectivity index is 2.08. The van der Waals surface area contributed by atoms with Crippen LogP contribution in [0.4, 0.5) is 0 Å². The van der Waals surface area contributed by atoms with Crippen molar-refractivity contribution in [1.29, 1.82) is 0 Å². The molecule has 0 aliphatic carbocycles. The summed E-state index contributed by atoms with van der Waals surface area (Å²) in [7, 11) is -7.75. The maximum atomic E-state index is 13.2. The van der Waals surface area contributed by atoms with E-state index in [0.717, 1.165) is 5.56 Å². The molecule has 1 aromatic carbocycles. The fourth-order valence-corrected chi connectivity index (χ4v) is 7.99. The summed E-state index contributed by atoms with van der Waals surface area (Å²) in [5.74, 6) is 0.0675. The van der Waals surface area contributed by atoms with Crippen molar-refractivity contribution >= 4 is 48.7 Å². The molecule has 29 heavy (non-hydrogen) atoms. The molecule has 0 saturated carbocycles. The number of amides is 1. The first kappa shape index (κ1) is 22.2. The van der Waals surface area contributed by atoms with Crippen molar-refractivity contribution in [2.75, 3.05) is 6.54 Å². The number of benzene rings is 1. The Morgan fingerprint density at radius 1 is 1.31 bits per heavy atom. The van der Waals surface area contributed by atoms with Crippen LogP contribution in [0.2, 0.25) is 0 Å². The van der Waals surface area contributed by atoms with Crippen molar-refractivity contribution < 1.29 is 21.6 Å². The van der Waals surface area contributed by atoms with Gasteiger partial charge in [0.25, 0.3) is 5.91 Å². The second-order valence-electron chi connectivity index (χ2n) is 6.88. The minimum atomic E-state index is -4.06. The van der Waals surface area contributed by atoms with Crippen LogP contribution in [0, 0.1) is 0 Å². The van der Waals surface area contributed by atoms with Crippen molar-refractivity contribution in [1.82, 2.24) is 4.90 Å². The van der Waals surface area contributed by atoms with E-state index in [1.54, 1.807) is 43.0 Å². The van der Waals surface area contributed by atoms with Gasteiger partial charge in [-0.25, -0.2) is 22.0 Å². The Bertz CT molecular complexity index is 1140. The molecule has 0 spiro atoms. The predicted octanol–water partition coefficient (Wildman–Crippen LogP) is 2.90. The monoisotopic (exact) mass is 476 g/mol. The normalized spacial score (nSPS) is 20.8. The van der Waals surface area contributed by atoms with Gasteiger partial charge < -0.3 is 4.90 Å². The van der Waals surface area contributed by atoms with Crippen molar-refractivity contribution in [3.63, 3.8) is 0 Å². The van der Waals surface area contributed by atoms with E-state index < -0.39 is 31.2 Å². The van der Waals surface area contributed by atoms with E-state index in [4.69, 9.17) is 16.7 Å². The lowest BCUT2D eigenvalue weighted by molar-refractivity contribution is 0.0673. The SMILES string of the molecule is CCN(C(=O)c1ccc(CCl)cc1)[C@H]1CC(C)S(=O)(=O)c2sc(S(N)(=O)=O)cc21. The van der Waals surface area contributed by atoms with E-state index >= 15 is 0 Å². The Kier molecular flexibility index (Phi) is 6.13. The average molecular weight is 477 g/mol. The number of sulfone groups is 1. The lowest BCUT2D eigenvalue weighted by Gasteiger charge is -2.36.